The van der Waals surface area contributed by atoms with Crippen LogP contribution in [0.3, 0.4) is 0 Å². The zero-order chi connectivity index (χ0) is 6.95. The average Bonchev–Trinajstić information content (AvgIpc) is 1.93. The van der Waals surface area contributed by atoms with E-state index in [0.717, 1.165) is 0 Å². The first-order valence-corrected chi connectivity index (χ1v) is 2.31. The van der Waals surface area contributed by atoms with Gasteiger partial charge < -0.3 is 11.1 Å². The van der Waals surface area contributed by atoms with Crippen LogP contribution in [-0.4, -0.2) is 0 Å². The molecule has 1 heterocycles. The number of nitrogens with zero attached hydrogens (tertiary/aromatic N) is 3. The second-order valence-electron chi connectivity index (χ2n) is 1.17. The van der Waals surface area contributed by atoms with Crippen LogP contribution >= 0.6 is 0 Å². The van der Waals surface area contributed by atoms with Crippen LogP contribution in [0.4, 0.5) is 0 Å². The van der Waals surface area contributed by atoms with Gasteiger partial charge in [-0.25, -0.2) is 4.98 Å². The Balaban J connectivity index is 0.000000187. The largest absolute Gasteiger partial charge is 0.373 e. The molecule has 0 unspecified atom stereocenters. The SMILES string of the molecule is [N-]=[N+]=[N-].c1cc[nH+]cc1. The highest BCUT2D eigenvalue weighted by molar-refractivity contribution is 4.82. The number of pyridine rings is 1. The normalized spacial score (nSPS) is 6.22. The van der Waals surface area contributed by atoms with Gasteiger partial charge in [0.1, 0.15) is 0 Å². The molecule has 0 aliphatic carbocycles. The molecule has 1 N–H and O–H groups in total. The molecule has 0 fully saturated rings. The van der Waals surface area contributed by atoms with Gasteiger partial charge in [-0.05, 0) is 0 Å². The van der Waals surface area contributed by atoms with Crippen LogP contribution in [0.5, 0.6) is 0 Å². The molecule has 9 heavy (non-hydrogen) atoms. The summed E-state index contributed by atoms with van der Waals surface area (Å²) in [4.78, 5) is 4.39. The Morgan fingerprint density at radius 2 is 1.44 bits per heavy atom. The molecule has 0 aliphatic heterocycles. The predicted octanol–water partition coefficient (Wildman–Crippen LogP) is 1.37. The maximum atomic E-state index is 6.75. The first-order valence-electron chi connectivity index (χ1n) is 2.31. The van der Waals surface area contributed by atoms with Crippen molar-refractivity contribution in [3.05, 3.63) is 46.6 Å². The molecular formula is C5H6N4. The molecule has 0 aliphatic rings. The van der Waals surface area contributed by atoms with E-state index in [1.807, 2.05) is 30.6 Å². The first-order chi connectivity index (χ1) is 4.41. The van der Waals surface area contributed by atoms with Crippen molar-refractivity contribution >= 4 is 0 Å². The topological polar surface area (TPSA) is 72.8 Å². The van der Waals surface area contributed by atoms with Crippen molar-refractivity contribution in [2.45, 2.75) is 0 Å². The van der Waals surface area contributed by atoms with Crippen LogP contribution in [0.1, 0.15) is 0 Å². The fourth-order valence-electron chi connectivity index (χ4n) is 0.342. The number of H-pyrrole nitrogens is 1. The molecule has 0 saturated heterocycles. The van der Waals surface area contributed by atoms with E-state index in [1.165, 1.54) is 4.91 Å². The van der Waals surface area contributed by atoms with Gasteiger partial charge in [0.05, 0.1) is 0 Å². The fraction of sp³-hybridized carbons (Fsp3) is 0. The van der Waals surface area contributed by atoms with Crippen molar-refractivity contribution in [3.63, 3.8) is 0 Å². The van der Waals surface area contributed by atoms with Gasteiger partial charge in [0.2, 0.25) is 0 Å². The maximum absolute atomic E-state index is 6.75. The summed E-state index contributed by atoms with van der Waals surface area (Å²) in [5.74, 6) is 0. The van der Waals surface area contributed by atoms with E-state index in [1.54, 1.807) is 0 Å². The number of nitrogens with one attached hydrogen (secondary N) is 1. The smallest absolute Gasteiger partial charge is 0.166 e. The quantitative estimate of drug-likeness (QED) is 0.283. The lowest BCUT2D eigenvalue weighted by molar-refractivity contribution is -0.377. The Kier molecular flexibility index (Phi) is 5.35. The van der Waals surface area contributed by atoms with Crippen LogP contribution in [0.15, 0.2) is 30.6 Å². The number of aromatic nitrogens is 1. The van der Waals surface area contributed by atoms with Crippen LogP contribution in [0, 0.1) is 0 Å². The highest BCUT2D eigenvalue weighted by Gasteiger charge is 1.65. The summed E-state index contributed by atoms with van der Waals surface area (Å²) in [5.41, 5.74) is 13.5. The highest BCUT2D eigenvalue weighted by atomic mass is 15.0. The molecule has 0 radical (unpaired) electrons. The molecule has 0 saturated carbocycles. The first kappa shape index (κ1) is 7.46. The van der Waals surface area contributed by atoms with Crippen molar-refractivity contribution in [2.75, 3.05) is 0 Å². The Bertz CT molecular complexity index is 139. The summed E-state index contributed by atoms with van der Waals surface area (Å²) in [6.07, 6.45) is 3.75. The summed E-state index contributed by atoms with van der Waals surface area (Å²) < 4.78 is 0. The molecule has 1 rings (SSSR count). The summed E-state index contributed by atoms with van der Waals surface area (Å²) in [6.45, 7) is 0. The molecule has 0 amide bonds. The number of hydrogen-bond acceptors (Lipinski definition) is 0. The third-order valence-corrected chi connectivity index (χ3v) is 0.607. The van der Waals surface area contributed by atoms with E-state index in [2.05, 4.69) is 4.98 Å². The maximum Gasteiger partial charge on any atom is 0.166 e. The molecule has 1 aromatic heterocycles. The van der Waals surface area contributed by atoms with Gasteiger partial charge in [-0.15, -0.1) is 0 Å². The second-order valence-corrected chi connectivity index (χ2v) is 1.17. The molecule has 46 valence electrons. The second kappa shape index (κ2) is 6.46. The van der Waals surface area contributed by atoms with Crippen LogP contribution < -0.4 is 4.98 Å². The monoisotopic (exact) mass is 122 g/mol. The van der Waals surface area contributed by atoms with Crippen LogP contribution in [0.2, 0.25) is 0 Å². The lowest BCUT2D eigenvalue weighted by Crippen LogP contribution is -1.93. The van der Waals surface area contributed by atoms with E-state index in [0.29, 0.717) is 0 Å². The zero-order valence-electron chi connectivity index (χ0n) is 4.73. The molecule has 0 spiro atoms. The van der Waals surface area contributed by atoms with Crippen molar-refractivity contribution in [2.24, 2.45) is 0 Å². The van der Waals surface area contributed by atoms with Gasteiger partial charge in [-0.1, -0.05) is 6.07 Å². The van der Waals surface area contributed by atoms with Gasteiger partial charge in [0.25, 0.3) is 0 Å². The van der Waals surface area contributed by atoms with E-state index in [4.69, 9.17) is 11.1 Å². The Labute approximate surface area is 52.6 Å². The third-order valence-electron chi connectivity index (χ3n) is 0.607. The standard InChI is InChI=1S/C5H5N.N3/c1-2-4-6-5-3-1;1-3-2/h1-5H;/q;-1/p+1. The highest BCUT2D eigenvalue weighted by Crippen LogP contribution is 1.68. The minimum atomic E-state index is 1.50. The average molecular weight is 122 g/mol. The van der Waals surface area contributed by atoms with Gasteiger partial charge >= 0.3 is 0 Å². The lowest BCUT2D eigenvalue weighted by atomic mass is 10.5. The van der Waals surface area contributed by atoms with Crippen molar-refractivity contribution in [1.29, 1.82) is 0 Å². The minimum absolute atomic E-state index is 1.50. The Morgan fingerprint density at radius 3 is 1.56 bits per heavy atom. The molecule has 0 atom stereocenters. The predicted molar refractivity (Wildman–Crippen MR) is 33.1 cm³/mol. The number of rotatable bonds is 0. The minimum Gasteiger partial charge on any atom is -0.373 e. The third kappa shape index (κ3) is 6.46. The van der Waals surface area contributed by atoms with Gasteiger partial charge in [-0.2, -0.15) is 0 Å². The van der Waals surface area contributed by atoms with Gasteiger partial charge in [-0.3, -0.25) is 4.91 Å². The van der Waals surface area contributed by atoms with E-state index in [9.17, 15) is 0 Å². The summed E-state index contributed by atoms with van der Waals surface area (Å²) in [7, 11) is 0. The molecule has 4 heteroatoms. The summed E-state index contributed by atoms with van der Waals surface area (Å²) >= 11 is 0. The van der Waals surface area contributed by atoms with Crippen LogP contribution in [0.25, 0.3) is 16.0 Å². The molecular weight excluding hydrogens is 116 g/mol. The van der Waals surface area contributed by atoms with Crippen molar-refractivity contribution in [1.82, 2.24) is 0 Å². The lowest BCUT2D eigenvalue weighted by Gasteiger charge is -1.63. The molecule has 0 aromatic carbocycles. The Morgan fingerprint density at radius 1 is 1.00 bits per heavy atom. The number of aromatic amines is 1. The van der Waals surface area contributed by atoms with Crippen molar-refractivity contribution < 1.29 is 4.98 Å². The zero-order valence-corrected chi connectivity index (χ0v) is 4.73. The van der Waals surface area contributed by atoms with E-state index in [-0.39, 0.29) is 0 Å². The molecule has 0 bridgehead atoms. The summed E-state index contributed by atoms with van der Waals surface area (Å²) in [5, 5.41) is 0. The van der Waals surface area contributed by atoms with Gasteiger partial charge in [0, 0.05) is 12.1 Å². The van der Waals surface area contributed by atoms with Crippen molar-refractivity contribution in [3.8, 4) is 0 Å². The molecule has 1 aromatic rings. The van der Waals surface area contributed by atoms with E-state index >= 15 is 0 Å². The fourth-order valence-corrected chi connectivity index (χ4v) is 0.342. The number of hydrogen-bond donors (Lipinski definition) is 0. The van der Waals surface area contributed by atoms with E-state index < -0.39 is 0 Å². The Hall–Kier alpha value is -1.54. The van der Waals surface area contributed by atoms with Gasteiger partial charge in [0.15, 0.2) is 12.4 Å². The molecule has 4 nitrogen and oxygen atoms in total. The summed E-state index contributed by atoms with van der Waals surface area (Å²) in [6, 6.07) is 5.86. The van der Waals surface area contributed by atoms with Crippen LogP contribution in [-0.2, 0) is 0 Å².